The summed E-state index contributed by atoms with van der Waals surface area (Å²) >= 11 is 9.31. The normalized spacial score (nSPS) is 12.2. The van der Waals surface area contributed by atoms with Gasteiger partial charge in [-0.2, -0.15) is 0 Å². The van der Waals surface area contributed by atoms with E-state index in [9.17, 15) is 0 Å². The predicted molar refractivity (Wildman–Crippen MR) is 72.4 cm³/mol. The fourth-order valence-corrected chi connectivity index (χ4v) is 1.93. The molecule has 0 saturated carbocycles. The van der Waals surface area contributed by atoms with Gasteiger partial charge in [0.15, 0.2) is 10.9 Å². The number of ether oxygens (including phenoxy) is 1. The van der Waals surface area contributed by atoms with Gasteiger partial charge in [0.2, 0.25) is 0 Å². The van der Waals surface area contributed by atoms with E-state index >= 15 is 0 Å². The minimum Gasteiger partial charge on any atom is -0.483 e. The molecule has 4 heteroatoms. The van der Waals surface area contributed by atoms with Crippen LogP contribution < -0.4 is 4.74 Å². The third-order valence-corrected chi connectivity index (χ3v) is 3.06. The zero-order valence-electron chi connectivity index (χ0n) is 9.23. The van der Waals surface area contributed by atoms with Crippen LogP contribution in [0.1, 0.15) is 18.6 Å². The van der Waals surface area contributed by atoms with Gasteiger partial charge in [0, 0.05) is 10.7 Å². The Morgan fingerprint density at radius 1 is 1.29 bits per heavy atom. The summed E-state index contributed by atoms with van der Waals surface area (Å²) in [4.78, 5) is 4.02. The Labute approximate surface area is 114 Å². The van der Waals surface area contributed by atoms with Gasteiger partial charge in [0.1, 0.15) is 6.10 Å². The largest absolute Gasteiger partial charge is 0.483 e. The molecule has 1 heterocycles. The standard InChI is InChI=1S/C13H11BrClNO/c1-9(10-5-3-2-4-6-10)17-12-7-11(14)8-16-13(12)15/h2-9H,1H3. The van der Waals surface area contributed by atoms with Crippen LogP contribution in [0.15, 0.2) is 47.1 Å². The number of rotatable bonds is 3. The molecule has 88 valence electrons. The first kappa shape index (κ1) is 12.4. The van der Waals surface area contributed by atoms with Crippen molar-refractivity contribution in [1.82, 2.24) is 4.98 Å². The zero-order valence-corrected chi connectivity index (χ0v) is 11.6. The third-order valence-electron chi connectivity index (χ3n) is 2.35. The molecular formula is C13H11BrClNO. The van der Waals surface area contributed by atoms with Crippen LogP contribution in [-0.2, 0) is 0 Å². The molecule has 1 atom stereocenters. The molecule has 1 aromatic heterocycles. The van der Waals surface area contributed by atoms with Crippen LogP contribution >= 0.6 is 27.5 Å². The Bertz CT molecular complexity index is 504. The minimum atomic E-state index is -0.0650. The smallest absolute Gasteiger partial charge is 0.171 e. The molecule has 2 aromatic rings. The van der Waals surface area contributed by atoms with Crippen molar-refractivity contribution in [2.45, 2.75) is 13.0 Å². The first-order valence-electron chi connectivity index (χ1n) is 5.19. The van der Waals surface area contributed by atoms with Crippen LogP contribution in [0, 0.1) is 0 Å². The topological polar surface area (TPSA) is 22.1 Å². The summed E-state index contributed by atoms with van der Waals surface area (Å²) in [6, 6.07) is 11.8. The Balaban J connectivity index is 2.18. The molecule has 2 nitrogen and oxygen atoms in total. The van der Waals surface area contributed by atoms with E-state index < -0.39 is 0 Å². The summed E-state index contributed by atoms with van der Waals surface area (Å²) in [7, 11) is 0. The first-order valence-corrected chi connectivity index (χ1v) is 6.36. The average Bonchev–Trinajstić information content (AvgIpc) is 2.35. The van der Waals surface area contributed by atoms with Crippen molar-refractivity contribution in [2.75, 3.05) is 0 Å². The van der Waals surface area contributed by atoms with Crippen molar-refractivity contribution in [3.8, 4) is 5.75 Å². The lowest BCUT2D eigenvalue weighted by Gasteiger charge is -2.15. The minimum absolute atomic E-state index is 0.0650. The maximum absolute atomic E-state index is 5.97. The highest BCUT2D eigenvalue weighted by Gasteiger charge is 2.10. The Hall–Kier alpha value is -1.06. The van der Waals surface area contributed by atoms with Gasteiger partial charge in [0.25, 0.3) is 0 Å². The predicted octanol–water partition coefficient (Wildman–Crippen LogP) is 4.64. The molecule has 2 rings (SSSR count). The summed E-state index contributed by atoms with van der Waals surface area (Å²) in [5.74, 6) is 0.581. The van der Waals surface area contributed by atoms with Crippen LogP contribution in [0.3, 0.4) is 0 Å². The molecular weight excluding hydrogens is 302 g/mol. The molecule has 0 aliphatic carbocycles. The summed E-state index contributed by atoms with van der Waals surface area (Å²) in [5.41, 5.74) is 1.10. The SMILES string of the molecule is CC(Oc1cc(Br)cnc1Cl)c1ccccc1. The quantitative estimate of drug-likeness (QED) is 0.770. The van der Waals surface area contributed by atoms with E-state index in [1.54, 1.807) is 6.20 Å². The number of hydrogen-bond acceptors (Lipinski definition) is 2. The molecule has 17 heavy (non-hydrogen) atoms. The van der Waals surface area contributed by atoms with E-state index in [4.69, 9.17) is 16.3 Å². The summed E-state index contributed by atoms with van der Waals surface area (Å²) in [6.45, 7) is 1.98. The van der Waals surface area contributed by atoms with Crippen LogP contribution in [-0.4, -0.2) is 4.98 Å². The van der Waals surface area contributed by atoms with Gasteiger partial charge in [-0.05, 0) is 34.5 Å². The van der Waals surface area contributed by atoms with Crippen LogP contribution in [0.4, 0.5) is 0 Å². The number of halogens is 2. The average molecular weight is 313 g/mol. The fraction of sp³-hybridized carbons (Fsp3) is 0.154. The lowest BCUT2D eigenvalue weighted by molar-refractivity contribution is 0.226. The van der Waals surface area contributed by atoms with E-state index in [0.717, 1.165) is 10.0 Å². The van der Waals surface area contributed by atoms with Gasteiger partial charge in [-0.1, -0.05) is 41.9 Å². The zero-order chi connectivity index (χ0) is 12.3. The van der Waals surface area contributed by atoms with E-state index in [-0.39, 0.29) is 6.10 Å². The van der Waals surface area contributed by atoms with Gasteiger partial charge in [0.05, 0.1) is 0 Å². The van der Waals surface area contributed by atoms with E-state index in [2.05, 4.69) is 20.9 Å². The lowest BCUT2D eigenvalue weighted by atomic mass is 10.1. The molecule has 0 aliphatic heterocycles. The van der Waals surface area contributed by atoms with Crippen molar-refractivity contribution in [3.63, 3.8) is 0 Å². The number of hydrogen-bond donors (Lipinski definition) is 0. The highest BCUT2D eigenvalue weighted by atomic mass is 79.9. The van der Waals surface area contributed by atoms with Crippen molar-refractivity contribution >= 4 is 27.5 Å². The first-order chi connectivity index (χ1) is 8.16. The summed E-state index contributed by atoms with van der Waals surface area (Å²) < 4.78 is 6.63. The van der Waals surface area contributed by atoms with Crippen molar-refractivity contribution in [1.29, 1.82) is 0 Å². The second-order valence-corrected chi connectivity index (χ2v) is 4.89. The Kier molecular flexibility index (Phi) is 4.02. The molecule has 0 amide bonds. The van der Waals surface area contributed by atoms with E-state index in [1.807, 2.05) is 43.3 Å². The Morgan fingerprint density at radius 3 is 2.71 bits per heavy atom. The van der Waals surface area contributed by atoms with Crippen molar-refractivity contribution < 1.29 is 4.74 Å². The van der Waals surface area contributed by atoms with Crippen molar-refractivity contribution in [3.05, 3.63) is 57.8 Å². The molecule has 1 unspecified atom stereocenters. The lowest BCUT2D eigenvalue weighted by Crippen LogP contribution is -2.03. The molecule has 0 N–H and O–H groups in total. The molecule has 0 bridgehead atoms. The second kappa shape index (κ2) is 5.52. The molecule has 0 fully saturated rings. The summed E-state index contributed by atoms with van der Waals surface area (Å²) in [6.07, 6.45) is 1.58. The third kappa shape index (κ3) is 3.20. The highest BCUT2D eigenvalue weighted by molar-refractivity contribution is 9.10. The molecule has 0 radical (unpaired) electrons. The highest BCUT2D eigenvalue weighted by Crippen LogP contribution is 2.29. The number of pyridine rings is 1. The van der Waals surface area contributed by atoms with Gasteiger partial charge in [-0.15, -0.1) is 0 Å². The number of nitrogens with zero attached hydrogens (tertiary/aromatic N) is 1. The van der Waals surface area contributed by atoms with Crippen molar-refractivity contribution in [2.24, 2.45) is 0 Å². The molecule has 0 spiro atoms. The van der Waals surface area contributed by atoms with Crippen LogP contribution in [0.25, 0.3) is 0 Å². The number of benzene rings is 1. The Morgan fingerprint density at radius 2 is 2.00 bits per heavy atom. The van der Waals surface area contributed by atoms with Crippen LogP contribution in [0.2, 0.25) is 5.15 Å². The van der Waals surface area contributed by atoms with Gasteiger partial charge >= 0.3 is 0 Å². The molecule has 0 saturated heterocycles. The monoisotopic (exact) mass is 311 g/mol. The summed E-state index contributed by atoms with van der Waals surface area (Å²) in [5, 5.41) is 0.371. The second-order valence-electron chi connectivity index (χ2n) is 3.61. The maximum Gasteiger partial charge on any atom is 0.171 e. The van der Waals surface area contributed by atoms with Gasteiger partial charge in [-0.25, -0.2) is 4.98 Å². The number of aromatic nitrogens is 1. The van der Waals surface area contributed by atoms with Crippen LogP contribution in [0.5, 0.6) is 5.75 Å². The van der Waals surface area contributed by atoms with E-state index in [0.29, 0.717) is 10.9 Å². The van der Waals surface area contributed by atoms with Gasteiger partial charge in [-0.3, -0.25) is 0 Å². The molecule has 0 aliphatic rings. The maximum atomic E-state index is 5.97. The molecule has 1 aromatic carbocycles. The van der Waals surface area contributed by atoms with E-state index in [1.165, 1.54) is 0 Å². The van der Waals surface area contributed by atoms with Gasteiger partial charge < -0.3 is 4.74 Å². The fourth-order valence-electron chi connectivity index (χ4n) is 1.47.